The van der Waals surface area contributed by atoms with Gasteiger partial charge in [-0.1, -0.05) is 0 Å². The summed E-state index contributed by atoms with van der Waals surface area (Å²) in [5.41, 5.74) is 1.18. The Labute approximate surface area is 86.1 Å². The number of aromatic carboxylic acids is 1. The number of carboxylic acids is 1. The fourth-order valence-corrected chi connectivity index (χ4v) is 4.65. The van der Waals surface area contributed by atoms with Crippen molar-refractivity contribution in [2.45, 2.75) is 11.5 Å². The van der Waals surface area contributed by atoms with Crippen LogP contribution in [0.2, 0.25) is 0 Å². The maximum absolute atomic E-state index is 10.7. The molecular formula is C7H5BrO2S2. The quantitative estimate of drug-likeness (QED) is 0.848. The summed E-state index contributed by atoms with van der Waals surface area (Å²) in [7, 11) is 0. The van der Waals surface area contributed by atoms with E-state index in [4.69, 9.17) is 5.11 Å². The van der Waals surface area contributed by atoms with Crippen LogP contribution in [0.4, 0.5) is 0 Å². The van der Waals surface area contributed by atoms with Gasteiger partial charge < -0.3 is 5.11 Å². The highest BCUT2D eigenvalue weighted by molar-refractivity contribution is 9.10. The summed E-state index contributed by atoms with van der Waals surface area (Å²) in [4.78, 5) is 12.4. The molecule has 1 aromatic heterocycles. The molecule has 2 nitrogen and oxygen atoms in total. The molecule has 1 N–H and O–H groups in total. The van der Waals surface area contributed by atoms with Gasteiger partial charge in [0.15, 0.2) is 0 Å². The first-order valence-electron chi connectivity index (χ1n) is 3.31. The lowest BCUT2D eigenvalue weighted by atomic mass is 10.3. The second-order valence-corrected chi connectivity index (χ2v) is 5.33. The lowest BCUT2D eigenvalue weighted by Crippen LogP contribution is -1.92. The van der Waals surface area contributed by atoms with Gasteiger partial charge in [0.05, 0.1) is 0 Å². The Morgan fingerprint density at radius 1 is 1.50 bits per heavy atom. The van der Waals surface area contributed by atoms with E-state index in [0.717, 1.165) is 16.0 Å². The van der Waals surface area contributed by atoms with Gasteiger partial charge in [0.25, 0.3) is 0 Å². The van der Waals surface area contributed by atoms with Gasteiger partial charge in [0.2, 0.25) is 0 Å². The van der Waals surface area contributed by atoms with Gasteiger partial charge in [-0.25, -0.2) is 4.79 Å². The van der Waals surface area contributed by atoms with E-state index in [-0.39, 0.29) is 0 Å². The number of fused-ring (bicyclic) bond motifs is 1. The molecule has 12 heavy (non-hydrogen) atoms. The van der Waals surface area contributed by atoms with Crippen LogP contribution in [0.25, 0.3) is 0 Å². The van der Waals surface area contributed by atoms with Crippen molar-refractivity contribution in [2.75, 3.05) is 0 Å². The van der Waals surface area contributed by atoms with Crippen LogP contribution in [-0.4, -0.2) is 11.1 Å². The smallest absolute Gasteiger partial charge is 0.347 e. The molecule has 2 heterocycles. The van der Waals surface area contributed by atoms with E-state index < -0.39 is 5.97 Å². The molecule has 0 aliphatic carbocycles. The highest BCUT2D eigenvalue weighted by Crippen LogP contribution is 2.42. The average Bonchev–Trinajstić information content (AvgIpc) is 2.53. The maximum Gasteiger partial charge on any atom is 0.347 e. The number of carbonyl (C=O) groups is 1. The number of hydrogen-bond donors (Lipinski definition) is 1. The van der Waals surface area contributed by atoms with Crippen molar-refractivity contribution in [1.29, 1.82) is 0 Å². The predicted molar refractivity (Wildman–Crippen MR) is 54.0 cm³/mol. The summed E-state index contributed by atoms with van der Waals surface area (Å²) < 4.78 is 0.792. The molecule has 0 aromatic carbocycles. The Balaban J connectivity index is 2.54. The summed E-state index contributed by atoms with van der Waals surface area (Å²) in [6.45, 7) is 0. The molecule has 1 aromatic rings. The molecular weight excluding hydrogens is 260 g/mol. The molecule has 5 heteroatoms. The minimum Gasteiger partial charge on any atom is -0.477 e. The Kier molecular flexibility index (Phi) is 2.18. The SMILES string of the molecule is O=C(O)c1sc2c(c1Br)CSC2. The number of hydrogen-bond acceptors (Lipinski definition) is 3. The number of thioether (sulfide) groups is 1. The molecule has 2 rings (SSSR count). The third-order valence-electron chi connectivity index (χ3n) is 1.70. The largest absolute Gasteiger partial charge is 0.477 e. The molecule has 1 aliphatic rings. The summed E-state index contributed by atoms with van der Waals surface area (Å²) in [5.74, 6) is 1.08. The van der Waals surface area contributed by atoms with Crippen LogP contribution in [0.15, 0.2) is 4.47 Å². The summed E-state index contributed by atoms with van der Waals surface area (Å²) in [6.07, 6.45) is 0. The zero-order chi connectivity index (χ0) is 8.72. The number of halogens is 1. The van der Waals surface area contributed by atoms with Gasteiger partial charge in [-0.3, -0.25) is 0 Å². The van der Waals surface area contributed by atoms with Gasteiger partial charge in [-0.05, 0) is 21.5 Å². The topological polar surface area (TPSA) is 37.3 Å². The van der Waals surface area contributed by atoms with E-state index in [9.17, 15) is 4.79 Å². The molecule has 1 aliphatic heterocycles. The van der Waals surface area contributed by atoms with Crippen LogP contribution in [0.5, 0.6) is 0 Å². The molecule has 0 radical (unpaired) electrons. The van der Waals surface area contributed by atoms with E-state index in [2.05, 4.69) is 15.9 Å². The lowest BCUT2D eigenvalue weighted by molar-refractivity contribution is 0.0701. The molecule has 0 unspecified atom stereocenters. The molecule has 0 bridgehead atoms. The number of carboxylic acid groups (broad SMARTS) is 1. The summed E-state index contributed by atoms with van der Waals surface area (Å²) in [6, 6.07) is 0. The zero-order valence-electron chi connectivity index (χ0n) is 5.96. The minimum absolute atomic E-state index is 0.445. The van der Waals surface area contributed by atoms with Gasteiger partial charge in [0.1, 0.15) is 4.88 Å². The Bertz CT molecular complexity index is 345. The van der Waals surface area contributed by atoms with Crippen molar-refractivity contribution in [3.8, 4) is 0 Å². The van der Waals surface area contributed by atoms with E-state index in [1.54, 1.807) is 0 Å². The molecule has 64 valence electrons. The highest BCUT2D eigenvalue weighted by Gasteiger charge is 2.23. The van der Waals surface area contributed by atoms with Crippen LogP contribution in [0, 0.1) is 0 Å². The first-order chi connectivity index (χ1) is 5.70. The maximum atomic E-state index is 10.7. The van der Waals surface area contributed by atoms with Crippen LogP contribution >= 0.6 is 39.0 Å². The molecule has 0 spiro atoms. The Morgan fingerprint density at radius 3 is 2.83 bits per heavy atom. The van der Waals surface area contributed by atoms with E-state index in [0.29, 0.717) is 4.88 Å². The number of rotatable bonds is 1. The monoisotopic (exact) mass is 264 g/mol. The molecule has 0 amide bonds. The predicted octanol–water partition coefficient (Wildman–Crippen LogP) is 2.96. The van der Waals surface area contributed by atoms with E-state index in [1.165, 1.54) is 21.8 Å². The van der Waals surface area contributed by atoms with Crippen LogP contribution in [0.1, 0.15) is 20.1 Å². The van der Waals surface area contributed by atoms with Crippen molar-refractivity contribution in [3.63, 3.8) is 0 Å². The Hall–Kier alpha value is -0.000000000000000111. The second-order valence-electron chi connectivity index (χ2n) is 2.44. The van der Waals surface area contributed by atoms with Gasteiger partial charge in [-0.15, -0.1) is 11.3 Å². The Morgan fingerprint density at radius 2 is 2.25 bits per heavy atom. The van der Waals surface area contributed by atoms with Crippen molar-refractivity contribution in [1.82, 2.24) is 0 Å². The number of thiophene rings is 1. The molecule has 0 fully saturated rings. The fraction of sp³-hybridized carbons (Fsp3) is 0.286. The standard InChI is InChI=1S/C7H5BrO2S2/c8-5-3-1-11-2-4(3)12-6(5)7(9)10/h1-2H2,(H,9,10). The van der Waals surface area contributed by atoms with Crippen molar-refractivity contribution in [3.05, 3.63) is 19.8 Å². The zero-order valence-corrected chi connectivity index (χ0v) is 9.18. The minimum atomic E-state index is -0.828. The molecule has 0 saturated heterocycles. The van der Waals surface area contributed by atoms with Gasteiger partial charge in [0, 0.05) is 20.9 Å². The van der Waals surface area contributed by atoms with Crippen molar-refractivity contribution in [2.24, 2.45) is 0 Å². The average molecular weight is 265 g/mol. The first kappa shape index (κ1) is 8.59. The summed E-state index contributed by atoms with van der Waals surface area (Å²) in [5, 5.41) is 8.80. The third kappa shape index (κ3) is 1.20. The van der Waals surface area contributed by atoms with Crippen LogP contribution in [0.3, 0.4) is 0 Å². The van der Waals surface area contributed by atoms with Crippen LogP contribution < -0.4 is 0 Å². The molecule has 0 saturated carbocycles. The second kappa shape index (κ2) is 3.05. The van der Waals surface area contributed by atoms with E-state index in [1.807, 2.05) is 11.8 Å². The summed E-state index contributed by atoms with van der Waals surface area (Å²) >= 11 is 6.54. The normalized spacial score (nSPS) is 14.8. The van der Waals surface area contributed by atoms with E-state index >= 15 is 0 Å². The van der Waals surface area contributed by atoms with Crippen molar-refractivity contribution < 1.29 is 9.90 Å². The van der Waals surface area contributed by atoms with Gasteiger partial charge in [-0.2, -0.15) is 11.8 Å². The highest BCUT2D eigenvalue weighted by atomic mass is 79.9. The van der Waals surface area contributed by atoms with Crippen molar-refractivity contribution >= 4 is 45.0 Å². The third-order valence-corrected chi connectivity index (χ3v) is 5.23. The first-order valence-corrected chi connectivity index (χ1v) is 6.07. The van der Waals surface area contributed by atoms with Gasteiger partial charge >= 0.3 is 5.97 Å². The lowest BCUT2D eigenvalue weighted by Gasteiger charge is -1.91. The fourth-order valence-electron chi connectivity index (χ4n) is 1.13. The van der Waals surface area contributed by atoms with Crippen LogP contribution in [-0.2, 0) is 11.5 Å². The molecule has 0 atom stereocenters.